The molecule has 0 unspecified atom stereocenters. The Kier molecular flexibility index (Phi) is 4.56. The van der Waals surface area contributed by atoms with Crippen LogP contribution >= 0.6 is 0 Å². The maximum atomic E-state index is 12.4. The Hall–Kier alpha value is -0.850. The maximum Gasteiger partial charge on any atom is 0.242 e. The minimum atomic E-state index is -3.39. The molecule has 0 spiro atoms. The summed E-state index contributed by atoms with van der Waals surface area (Å²) in [4.78, 5) is 0.372. The molecule has 1 saturated carbocycles. The molecule has 6 heteroatoms. The topological polar surface area (TPSA) is 63.1 Å². The Balaban J connectivity index is 2.12. The number of aryl methyl sites for hydroxylation is 1. The number of sulfonamides is 1. The van der Waals surface area contributed by atoms with Gasteiger partial charge < -0.3 is 9.88 Å². The molecule has 0 aromatic carbocycles. The predicted octanol–water partition coefficient (Wildman–Crippen LogP) is 1.70. The lowest BCUT2D eigenvalue weighted by molar-refractivity contribution is 0.475. The summed E-state index contributed by atoms with van der Waals surface area (Å²) in [6, 6.07) is 1.76. The highest BCUT2D eigenvalue weighted by Gasteiger charge is 2.41. The summed E-state index contributed by atoms with van der Waals surface area (Å²) in [5.41, 5.74) is 1.21. The lowest BCUT2D eigenvalue weighted by Crippen LogP contribution is -2.29. The van der Waals surface area contributed by atoms with Gasteiger partial charge in [-0.25, -0.2) is 13.1 Å². The SMILES string of the molecule is CCn1cc(S(=O)(=O)NCC2(CC)CC2)cc1CNC. The van der Waals surface area contributed by atoms with Crippen molar-refractivity contribution < 1.29 is 8.42 Å². The first-order valence-electron chi connectivity index (χ1n) is 7.29. The van der Waals surface area contributed by atoms with Gasteiger partial charge in [-0.05, 0) is 44.7 Å². The largest absolute Gasteiger partial charge is 0.349 e. The standard InChI is InChI=1S/C14H25N3O2S/c1-4-14(6-7-14)11-16-20(18,19)13-8-12(9-15-3)17(5-2)10-13/h8,10,15-16H,4-7,9,11H2,1-3H3. The van der Waals surface area contributed by atoms with Crippen LogP contribution in [0.4, 0.5) is 0 Å². The number of aromatic nitrogens is 1. The quantitative estimate of drug-likeness (QED) is 0.768. The molecular weight excluding hydrogens is 274 g/mol. The fraction of sp³-hybridized carbons (Fsp3) is 0.714. The van der Waals surface area contributed by atoms with E-state index in [9.17, 15) is 8.42 Å². The second kappa shape index (κ2) is 5.87. The molecular formula is C14H25N3O2S. The molecule has 0 saturated heterocycles. The lowest BCUT2D eigenvalue weighted by atomic mass is 10.1. The monoisotopic (exact) mass is 299 g/mol. The van der Waals surface area contributed by atoms with E-state index in [0.29, 0.717) is 18.0 Å². The first-order chi connectivity index (χ1) is 9.46. The average Bonchev–Trinajstić information content (AvgIpc) is 3.10. The molecule has 1 aromatic rings. The number of rotatable bonds is 8. The zero-order chi connectivity index (χ0) is 14.8. The average molecular weight is 299 g/mol. The van der Waals surface area contributed by atoms with Gasteiger partial charge in [-0.2, -0.15) is 0 Å². The Labute approximate surface area is 121 Å². The molecule has 114 valence electrons. The van der Waals surface area contributed by atoms with Gasteiger partial charge in [0.05, 0.1) is 4.90 Å². The Morgan fingerprint density at radius 3 is 2.55 bits per heavy atom. The van der Waals surface area contributed by atoms with Crippen LogP contribution < -0.4 is 10.0 Å². The highest BCUT2D eigenvalue weighted by Crippen LogP contribution is 2.48. The van der Waals surface area contributed by atoms with Crippen molar-refractivity contribution >= 4 is 10.0 Å². The Bertz CT molecular complexity index is 559. The molecule has 1 fully saturated rings. The van der Waals surface area contributed by atoms with Gasteiger partial charge in [0.25, 0.3) is 0 Å². The summed E-state index contributed by atoms with van der Waals surface area (Å²) >= 11 is 0. The van der Waals surface area contributed by atoms with Crippen molar-refractivity contribution in [2.75, 3.05) is 13.6 Å². The van der Waals surface area contributed by atoms with Crippen LogP contribution in [0.25, 0.3) is 0 Å². The van der Waals surface area contributed by atoms with Crippen LogP contribution in [0.1, 0.15) is 38.8 Å². The molecule has 2 rings (SSSR count). The van der Waals surface area contributed by atoms with Gasteiger partial charge >= 0.3 is 0 Å². The number of nitrogens with one attached hydrogen (secondary N) is 2. The van der Waals surface area contributed by atoms with Gasteiger partial charge in [0.2, 0.25) is 10.0 Å². The lowest BCUT2D eigenvalue weighted by Gasteiger charge is -2.12. The predicted molar refractivity (Wildman–Crippen MR) is 80.0 cm³/mol. The fourth-order valence-electron chi connectivity index (χ4n) is 2.46. The first-order valence-corrected chi connectivity index (χ1v) is 8.78. The second-order valence-electron chi connectivity index (χ2n) is 5.66. The molecule has 0 bridgehead atoms. The van der Waals surface area contributed by atoms with Crippen LogP contribution in [0.5, 0.6) is 0 Å². The molecule has 1 aromatic heterocycles. The third-order valence-corrected chi connectivity index (χ3v) is 5.68. The van der Waals surface area contributed by atoms with Crippen molar-refractivity contribution in [1.29, 1.82) is 0 Å². The summed E-state index contributed by atoms with van der Waals surface area (Å²) in [7, 11) is -1.53. The molecule has 5 nitrogen and oxygen atoms in total. The van der Waals surface area contributed by atoms with Crippen LogP contribution in [0.15, 0.2) is 17.2 Å². The van der Waals surface area contributed by atoms with Crippen LogP contribution in [-0.2, 0) is 23.1 Å². The van der Waals surface area contributed by atoms with Crippen LogP contribution in [-0.4, -0.2) is 26.6 Å². The maximum absolute atomic E-state index is 12.4. The van der Waals surface area contributed by atoms with Crippen molar-refractivity contribution in [2.24, 2.45) is 5.41 Å². The zero-order valence-electron chi connectivity index (χ0n) is 12.6. The van der Waals surface area contributed by atoms with Crippen molar-refractivity contribution in [3.05, 3.63) is 18.0 Å². The molecule has 0 radical (unpaired) electrons. The van der Waals surface area contributed by atoms with Gasteiger partial charge in [-0.15, -0.1) is 0 Å². The molecule has 2 N–H and O–H groups in total. The number of hydrogen-bond donors (Lipinski definition) is 2. The third-order valence-electron chi connectivity index (χ3n) is 4.31. The number of nitrogens with zero attached hydrogens (tertiary/aromatic N) is 1. The van der Waals surface area contributed by atoms with E-state index in [2.05, 4.69) is 17.0 Å². The molecule has 1 aliphatic rings. The fourth-order valence-corrected chi connectivity index (χ4v) is 3.68. The van der Waals surface area contributed by atoms with E-state index in [1.54, 1.807) is 12.3 Å². The second-order valence-corrected chi connectivity index (χ2v) is 7.43. The van der Waals surface area contributed by atoms with Crippen molar-refractivity contribution in [3.63, 3.8) is 0 Å². The van der Waals surface area contributed by atoms with Gasteiger partial charge in [-0.3, -0.25) is 0 Å². The third kappa shape index (κ3) is 3.24. The highest BCUT2D eigenvalue weighted by atomic mass is 32.2. The molecule has 1 aliphatic carbocycles. The van der Waals surface area contributed by atoms with Gasteiger partial charge in [0.1, 0.15) is 0 Å². The highest BCUT2D eigenvalue weighted by molar-refractivity contribution is 7.89. The van der Waals surface area contributed by atoms with E-state index in [1.165, 1.54) is 0 Å². The van der Waals surface area contributed by atoms with E-state index in [4.69, 9.17) is 0 Å². The van der Waals surface area contributed by atoms with E-state index in [1.807, 2.05) is 18.5 Å². The van der Waals surface area contributed by atoms with E-state index < -0.39 is 10.0 Å². The van der Waals surface area contributed by atoms with E-state index in [0.717, 1.165) is 31.5 Å². The summed E-state index contributed by atoms with van der Waals surface area (Å²) in [6.45, 7) is 6.14. The number of hydrogen-bond acceptors (Lipinski definition) is 3. The summed E-state index contributed by atoms with van der Waals surface area (Å²) in [5, 5.41) is 3.06. The minimum Gasteiger partial charge on any atom is -0.349 e. The Morgan fingerprint density at radius 2 is 2.05 bits per heavy atom. The summed E-state index contributed by atoms with van der Waals surface area (Å²) in [6.07, 6.45) is 5.02. The molecule has 0 amide bonds. The first kappa shape index (κ1) is 15.5. The van der Waals surface area contributed by atoms with Crippen LogP contribution in [0.2, 0.25) is 0 Å². The minimum absolute atomic E-state index is 0.216. The van der Waals surface area contributed by atoms with E-state index in [-0.39, 0.29) is 5.41 Å². The summed E-state index contributed by atoms with van der Waals surface area (Å²) < 4.78 is 29.5. The van der Waals surface area contributed by atoms with Crippen molar-refractivity contribution in [2.45, 2.75) is 51.1 Å². The van der Waals surface area contributed by atoms with Gasteiger partial charge in [-0.1, -0.05) is 6.92 Å². The van der Waals surface area contributed by atoms with Crippen LogP contribution in [0, 0.1) is 5.41 Å². The van der Waals surface area contributed by atoms with Crippen molar-refractivity contribution in [3.8, 4) is 0 Å². The van der Waals surface area contributed by atoms with Crippen LogP contribution in [0.3, 0.4) is 0 Å². The molecule has 0 atom stereocenters. The summed E-state index contributed by atoms with van der Waals surface area (Å²) in [5.74, 6) is 0. The van der Waals surface area contributed by atoms with Crippen molar-refractivity contribution in [1.82, 2.24) is 14.6 Å². The zero-order valence-corrected chi connectivity index (χ0v) is 13.4. The normalized spacial score (nSPS) is 17.4. The smallest absolute Gasteiger partial charge is 0.242 e. The van der Waals surface area contributed by atoms with Gasteiger partial charge in [0.15, 0.2) is 0 Å². The van der Waals surface area contributed by atoms with Gasteiger partial charge in [0, 0.05) is 31.5 Å². The molecule has 20 heavy (non-hydrogen) atoms. The molecule has 0 aliphatic heterocycles. The van der Waals surface area contributed by atoms with E-state index >= 15 is 0 Å². The molecule has 1 heterocycles. The Morgan fingerprint density at radius 1 is 1.35 bits per heavy atom.